The molecule has 2 rings (SSSR count). The van der Waals surface area contributed by atoms with Crippen LogP contribution in [0.4, 0.5) is 10.1 Å². The van der Waals surface area contributed by atoms with E-state index in [1.54, 1.807) is 6.07 Å². The van der Waals surface area contributed by atoms with Crippen LogP contribution < -0.4 is 4.90 Å². The second-order valence-corrected chi connectivity index (χ2v) is 4.41. The molecule has 0 radical (unpaired) electrons. The van der Waals surface area contributed by atoms with Gasteiger partial charge in [0.2, 0.25) is 0 Å². The molecule has 1 aromatic carbocycles. The summed E-state index contributed by atoms with van der Waals surface area (Å²) in [6, 6.07) is 6.49. The van der Waals surface area contributed by atoms with Gasteiger partial charge in [0.15, 0.2) is 0 Å². The van der Waals surface area contributed by atoms with Gasteiger partial charge in [0.05, 0.1) is 5.56 Å². The highest BCUT2D eigenvalue weighted by atomic mass is 19.1. The van der Waals surface area contributed by atoms with Crippen molar-refractivity contribution in [1.29, 1.82) is 5.26 Å². The first-order valence-corrected chi connectivity index (χ1v) is 5.80. The summed E-state index contributed by atoms with van der Waals surface area (Å²) in [7, 11) is 0. The zero-order valence-electron chi connectivity index (χ0n) is 9.56. The van der Waals surface area contributed by atoms with Gasteiger partial charge in [-0.2, -0.15) is 5.26 Å². The molecular formula is C13H15FN2O. The summed E-state index contributed by atoms with van der Waals surface area (Å²) in [4.78, 5) is 2.06. The van der Waals surface area contributed by atoms with E-state index in [0.717, 1.165) is 31.6 Å². The molecular weight excluding hydrogens is 219 g/mol. The number of anilines is 1. The lowest BCUT2D eigenvalue weighted by Gasteiger charge is -2.33. The molecule has 3 nitrogen and oxygen atoms in total. The first-order chi connectivity index (χ1) is 8.24. The fraction of sp³-hybridized carbons (Fsp3) is 0.462. The molecule has 1 heterocycles. The lowest BCUT2D eigenvalue weighted by molar-refractivity contribution is 0.208. The third-order valence-electron chi connectivity index (χ3n) is 3.22. The van der Waals surface area contributed by atoms with Crippen LogP contribution in [0.2, 0.25) is 0 Å². The van der Waals surface area contributed by atoms with Crippen molar-refractivity contribution in [3.8, 4) is 6.07 Å². The highest BCUT2D eigenvalue weighted by Gasteiger charge is 2.20. The van der Waals surface area contributed by atoms with Crippen molar-refractivity contribution >= 4 is 5.69 Å². The number of hydrogen-bond donors (Lipinski definition) is 1. The second-order valence-electron chi connectivity index (χ2n) is 4.41. The number of aliphatic hydroxyl groups excluding tert-OH is 1. The van der Waals surface area contributed by atoms with Crippen molar-refractivity contribution < 1.29 is 9.50 Å². The highest BCUT2D eigenvalue weighted by Crippen LogP contribution is 2.24. The Hall–Kier alpha value is -1.60. The Bertz CT molecular complexity index is 442. The van der Waals surface area contributed by atoms with Crippen molar-refractivity contribution in [3.63, 3.8) is 0 Å². The van der Waals surface area contributed by atoms with Gasteiger partial charge in [-0.1, -0.05) is 0 Å². The number of nitrogens with zero attached hydrogens (tertiary/aromatic N) is 2. The van der Waals surface area contributed by atoms with Crippen LogP contribution in [0.1, 0.15) is 18.4 Å². The monoisotopic (exact) mass is 234 g/mol. The van der Waals surface area contributed by atoms with Gasteiger partial charge in [0.25, 0.3) is 0 Å². The molecule has 4 heteroatoms. The minimum Gasteiger partial charge on any atom is -0.396 e. The molecule has 90 valence electrons. The van der Waals surface area contributed by atoms with E-state index < -0.39 is 5.82 Å². The Balaban J connectivity index is 2.17. The summed E-state index contributed by atoms with van der Waals surface area (Å²) < 4.78 is 13.5. The molecule has 0 bridgehead atoms. The topological polar surface area (TPSA) is 47.3 Å². The van der Waals surface area contributed by atoms with E-state index in [9.17, 15) is 4.39 Å². The number of aliphatic hydroxyl groups is 1. The van der Waals surface area contributed by atoms with Gasteiger partial charge in [-0.05, 0) is 37.0 Å². The molecule has 0 aliphatic carbocycles. The van der Waals surface area contributed by atoms with E-state index >= 15 is 0 Å². The molecule has 1 aliphatic heterocycles. The smallest absolute Gasteiger partial charge is 0.143 e. The minimum atomic E-state index is -0.476. The van der Waals surface area contributed by atoms with Crippen LogP contribution in [0.3, 0.4) is 0 Å². The molecule has 1 saturated heterocycles. The SMILES string of the molecule is N#Cc1ccc(N2CCCC(CO)C2)cc1F. The van der Waals surface area contributed by atoms with E-state index in [1.807, 2.05) is 6.07 Å². The molecule has 0 saturated carbocycles. The van der Waals surface area contributed by atoms with Gasteiger partial charge < -0.3 is 10.0 Å². The van der Waals surface area contributed by atoms with Crippen molar-refractivity contribution in [3.05, 3.63) is 29.6 Å². The highest BCUT2D eigenvalue weighted by molar-refractivity contribution is 5.50. The third-order valence-corrected chi connectivity index (χ3v) is 3.22. The second kappa shape index (κ2) is 5.15. The van der Waals surface area contributed by atoms with Crippen molar-refractivity contribution in [1.82, 2.24) is 0 Å². The predicted molar refractivity (Wildman–Crippen MR) is 63.1 cm³/mol. The van der Waals surface area contributed by atoms with Gasteiger partial charge in [-0.15, -0.1) is 0 Å². The lowest BCUT2D eigenvalue weighted by Crippen LogP contribution is -2.36. The van der Waals surface area contributed by atoms with Crippen LogP contribution in [-0.2, 0) is 0 Å². The molecule has 0 aromatic heterocycles. The fourth-order valence-electron chi connectivity index (χ4n) is 2.24. The van der Waals surface area contributed by atoms with Crippen LogP contribution in [-0.4, -0.2) is 24.8 Å². The number of hydrogen-bond acceptors (Lipinski definition) is 3. The summed E-state index contributed by atoms with van der Waals surface area (Å²) in [5.41, 5.74) is 0.865. The van der Waals surface area contributed by atoms with E-state index in [2.05, 4.69) is 4.90 Å². The number of halogens is 1. The Morgan fingerprint density at radius 2 is 2.35 bits per heavy atom. The number of rotatable bonds is 2. The summed E-state index contributed by atoms with van der Waals surface area (Å²) >= 11 is 0. The molecule has 1 aromatic rings. The molecule has 17 heavy (non-hydrogen) atoms. The maximum Gasteiger partial charge on any atom is 0.143 e. The third kappa shape index (κ3) is 2.56. The molecule has 1 atom stereocenters. The maximum absolute atomic E-state index is 13.5. The van der Waals surface area contributed by atoms with E-state index in [4.69, 9.17) is 10.4 Å². The lowest BCUT2D eigenvalue weighted by atomic mass is 9.98. The normalized spacial score (nSPS) is 20.1. The Labute approximate surface area is 100 Å². The summed E-state index contributed by atoms with van der Waals surface area (Å²) in [6.45, 7) is 1.80. The van der Waals surface area contributed by atoms with Gasteiger partial charge in [0.1, 0.15) is 11.9 Å². The molecule has 0 amide bonds. The van der Waals surface area contributed by atoms with Crippen molar-refractivity contribution in [2.24, 2.45) is 5.92 Å². The van der Waals surface area contributed by atoms with Gasteiger partial charge in [-0.3, -0.25) is 0 Å². The van der Waals surface area contributed by atoms with Crippen LogP contribution in [0.5, 0.6) is 0 Å². The van der Waals surface area contributed by atoms with E-state index in [1.165, 1.54) is 12.1 Å². The minimum absolute atomic E-state index is 0.0736. The molecule has 1 aliphatic rings. The Kier molecular flexibility index (Phi) is 3.60. The molecule has 1 N–H and O–H groups in total. The average Bonchev–Trinajstić information content (AvgIpc) is 2.38. The van der Waals surface area contributed by atoms with Crippen LogP contribution >= 0.6 is 0 Å². The first-order valence-electron chi connectivity index (χ1n) is 5.80. The standard InChI is InChI=1S/C13H15FN2O/c14-13-6-12(4-3-11(13)7-15)16-5-1-2-10(8-16)9-17/h3-4,6,10,17H,1-2,5,8-9H2. The zero-order chi connectivity index (χ0) is 12.3. The Morgan fingerprint density at radius 3 is 3.00 bits per heavy atom. The number of benzene rings is 1. The molecule has 1 unspecified atom stereocenters. The molecule has 1 fully saturated rings. The summed E-state index contributed by atoms with van der Waals surface area (Å²) in [5.74, 6) is -0.210. The van der Waals surface area contributed by atoms with Crippen LogP contribution in [0.15, 0.2) is 18.2 Å². The predicted octanol–water partition coefficient (Wildman–Crippen LogP) is 1.91. The fourth-order valence-corrected chi connectivity index (χ4v) is 2.24. The maximum atomic E-state index is 13.5. The number of nitriles is 1. The van der Waals surface area contributed by atoms with Crippen LogP contribution in [0, 0.1) is 23.1 Å². The quantitative estimate of drug-likeness (QED) is 0.850. The van der Waals surface area contributed by atoms with Crippen LogP contribution in [0.25, 0.3) is 0 Å². The van der Waals surface area contributed by atoms with Crippen molar-refractivity contribution in [2.75, 3.05) is 24.6 Å². The van der Waals surface area contributed by atoms with E-state index in [0.29, 0.717) is 0 Å². The molecule has 0 spiro atoms. The summed E-state index contributed by atoms with van der Waals surface area (Å²) in [5, 5.41) is 17.8. The van der Waals surface area contributed by atoms with Gasteiger partial charge >= 0.3 is 0 Å². The summed E-state index contributed by atoms with van der Waals surface area (Å²) in [6.07, 6.45) is 2.03. The average molecular weight is 234 g/mol. The largest absolute Gasteiger partial charge is 0.396 e. The Morgan fingerprint density at radius 1 is 1.53 bits per heavy atom. The number of piperidine rings is 1. The first kappa shape index (κ1) is 11.9. The van der Waals surface area contributed by atoms with Gasteiger partial charge in [-0.25, -0.2) is 4.39 Å². The van der Waals surface area contributed by atoms with E-state index in [-0.39, 0.29) is 18.1 Å². The van der Waals surface area contributed by atoms with Gasteiger partial charge in [0, 0.05) is 25.4 Å². The van der Waals surface area contributed by atoms with Crippen molar-refractivity contribution in [2.45, 2.75) is 12.8 Å². The zero-order valence-corrected chi connectivity index (χ0v) is 9.56.